The third kappa shape index (κ3) is 2.75. The Morgan fingerprint density at radius 1 is 1.24 bits per heavy atom. The van der Waals surface area contributed by atoms with Crippen LogP contribution in [0, 0.1) is 13.8 Å². The zero-order chi connectivity index (χ0) is 15.0. The lowest BCUT2D eigenvalue weighted by molar-refractivity contribution is -0.131. The predicted octanol–water partition coefficient (Wildman–Crippen LogP) is 2.97. The number of rotatable bonds is 2. The van der Waals surface area contributed by atoms with Gasteiger partial charge in [-0.25, -0.2) is 4.98 Å². The van der Waals surface area contributed by atoms with Gasteiger partial charge in [-0.05, 0) is 31.0 Å². The molecule has 0 bridgehead atoms. The zero-order valence-corrected chi connectivity index (χ0v) is 13.7. The van der Waals surface area contributed by atoms with Crippen LogP contribution in [0.25, 0.3) is 10.2 Å². The number of amides is 1. The summed E-state index contributed by atoms with van der Waals surface area (Å²) < 4.78 is 1.26. The number of piperazine rings is 1. The second-order valence-corrected chi connectivity index (χ2v) is 6.66. The van der Waals surface area contributed by atoms with Crippen molar-refractivity contribution in [3.63, 3.8) is 0 Å². The minimum absolute atomic E-state index is 0.255. The molecule has 0 radical (unpaired) electrons. The van der Waals surface area contributed by atoms with Crippen molar-refractivity contribution in [2.45, 2.75) is 27.2 Å². The van der Waals surface area contributed by atoms with E-state index in [0.717, 1.165) is 36.8 Å². The topological polar surface area (TPSA) is 36.4 Å². The molecule has 2 heterocycles. The smallest absolute Gasteiger partial charge is 0.222 e. The molecule has 1 aliphatic rings. The van der Waals surface area contributed by atoms with Gasteiger partial charge < -0.3 is 9.80 Å². The fourth-order valence-corrected chi connectivity index (χ4v) is 4.06. The number of benzene rings is 1. The summed E-state index contributed by atoms with van der Waals surface area (Å²) in [6, 6.07) is 4.39. The lowest BCUT2D eigenvalue weighted by Crippen LogP contribution is -2.48. The highest BCUT2D eigenvalue weighted by Crippen LogP contribution is 2.32. The summed E-state index contributed by atoms with van der Waals surface area (Å²) >= 11 is 1.76. The Balaban J connectivity index is 1.80. The number of hydrogen-bond acceptors (Lipinski definition) is 4. The third-order valence-electron chi connectivity index (χ3n) is 4.02. The Morgan fingerprint density at radius 3 is 2.62 bits per heavy atom. The second kappa shape index (κ2) is 5.64. The number of aryl methyl sites for hydroxylation is 2. The molecule has 0 spiro atoms. The zero-order valence-electron chi connectivity index (χ0n) is 12.8. The largest absolute Gasteiger partial charge is 0.345 e. The van der Waals surface area contributed by atoms with Crippen LogP contribution in [0.15, 0.2) is 12.1 Å². The van der Waals surface area contributed by atoms with Crippen LogP contribution in [0.2, 0.25) is 0 Å². The minimum Gasteiger partial charge on any atom is -0.345 e. The van der Waals surface area contributed by atoms with E-state index in [2.05, 4.69) is 30.9 Å². The SMILES string of the molecule is CCC(=O)N1CCN(c2nc3c(C)cc(C)cc3s2)CC1. The molecule has 1 amide bonds. The molecule has 0 unspecified atom stereocenters. The van der Waals surface area contributed by atoms with Gasteiger partial charge >= 0.3 is 0 Å². The average molecular weight is 303 g/mol. The third-order valence-corrected chi connectivity index (χ3v) is 5.09. The van der Waals surface area contributed by atoms with Gasteiger partial charge in [0.15, 0.2) is 5.13 Å². The first-order valence-corrected chi connectivity index (χ1v) is 8.30. The first-order valence-electron chi connectivity index (χ1n) is 7.49. The number of hydrogen-bond donors (Lipinski definition) is 0. The van der Waals surface area contributed by atoms with Crippen molar-refractivity contribution in [2.75, 3.05) is 31.1 Å². The maximum atomic E-state index is 11.7. The van der Waals surface area contributed by atoms with Crippen molar-refractivity contribution < 1.29 is 4.79 Å². The lowest BCUT2D eigenvalue weighted by Gasteiger charge is -2.34. The number of carbonyl (C=O) groups is 1. The summed E-state index contributed by atoms with van der Waals surface area (Å²) in [6.07, 6.45) is 0.597. The molecular formula is C16H21N3OS. The summed E-state index contributed by atoms with van der Waals surface area (Å²) in [5.74, 6) is 0.255. The average Bonchev–Trinajstić information content (AvgIpc) is 2.91. The van der Waals surface area contributed by atoms with Crippen LogP contribution in [0.5, 0.6) is 0 Å². The molecule has 1 saturated heterocycles. The van der Waals surface area contributed by atoms with Gasteiger partial charge in [0.2, 0.25) is 5.91 Å². The monoisotopic (exact) mass is 303 g/mol. The van der Waals surface area contributed by atoms with Crippen LogP contribution in [0.1, 0.15) is 24.5 Å². The fraction of sp³-hybridized carbons (Fsp3) is 0.500. The van der Waals surface area contributed by atoms with Crippen molar-refractivity contribution in [3.8, 4) is 0 Å². The molecule has 4 nitrogen and oxygen atoms in total. The maximum Gasteiger partial charge on any atom is 0.222 e. The number of thiazole rings is 1. The number of nitrogens with zero attached hydrogens (tertiary/aromatic N) is 3. The molecule has 112 valence electrons. The molecule has 5 heteroatoms. The minimum atomic E-state index is 0.255. The van der Waals surface area contributed by atoms with Gasteiger partial charge in [0.05, 0.1) is 10.2 Å². The molecule has 1 aromatic carbocycles. The van der Waals surface area contributed by atoms with Gasteiger partial charge in [-0.3, -0.25) is 4.79 Å². The highest BCUT2D eigenvalue weighted by atomic mass is 32.1. The van der Waals surface area contributed by atoms with Crippen molar-refractivity contribution >= 4 is 32.6 Å². The first kappa shape index (κ1) is 14.3. The molecule has 0 aliphatic carbocycles. The quantitative estimate of drug-likeness (QED) is 0.856. The van der Waals surface area contributed by atoms with E-state index in [1.807, 2.05) is 11.8 Å². The fourth-order valence-electron chi connectivity index (χ4n) is 2.86. The summed E-state index contributed by atoms with van der Waals surface area (Å²) in [7, 11) is 0. The van der Waals surface area contributed by atoms with Crippen LogP contribution >= 0.6 is 11.3 Å². The van der Waals surface area contributed by atoms with E-state index in [1.165, 1.54) is 15.8 Å². The van der Waals surface area contributed by atoms with E-state index in [-0.39, 0.29) is 5.91 Å². The number of fused-ring (bicyclic) bond motifs is 1. The Labute approximate surface area is 129 Å². The summed E-state index contributed by atoms with van der Waals surface area (Å²) in [4.78, 5) is 20.8. The van der Waals surface area contributed by atoms with E-state index in [4.69, 9.17) is 4.98 Å². The molecule has 2 aromatic rings. The van der Waals surface area contributed by atoms with Gasteiger partial charge in [0, 0.05) is 32.6 Å². The molecule has 0 N–H and O–H groups in total. The standard InChI is InChI=1S/C16H21N3OS/c1-4-14(20)18-5-7-19(8-6-18)16-17-15-12(3)9-11(2)10-13(15)21-16/h9-10H,4-8H2,1-3H3. The molecular weight excluding hydrogens is 282 g/mol. The lowest BCUT2D eigenvalue weighted by atomic mass is 10.1. The summed E-state index contributed by atoms with van der Waals surface area (Å²) in [5, 5.41) is 1.09. The molecule has 0 atom stereocenters. The van der Waals surface area contributed by atoms with Crippen molar-refractivity contribution in [1.29, 1.82) is 0 Å². The Bertz CT molecular complexity index is 671. The van der Waals surface area contributed by atoms with E-state index in [9.17, 15) is 4.79 Å². The highest BCUT2D eigenvalue weighted by molar-refractivity contribution is 7.22. The van der Waals surface area contributed by atoms with Gasteiger partial charge in [-0.2, -0.15) is 0 Å². The molecule has 1 aliphatic heterocycles. The van der Waals surface area contributed by atoms with Crippen molar-refractivity contribution in [2.24, 2.45) is 0 Å². The molecule has 21 heavy (non-hydrogen) atoms. The van der Waals surface area contributed by atoms with Crippen molar-refractivity contribution in [1.82, 2.24) is 9.88 Å². The normalized spacial score (nSPS) is 15.8. The van der Waals surface area contributed by atoms with Gasteiger partial charge in [-0.1, -0.05) is 24.3 Å². The molecule has 1 fully saturated rings. The van der Waals surface area contributed by atoms with Crippen LogP contribution < -0.4 is 4.90 Å². The Hall–Kier alpha value is -1.62. The van der Waals surface area contributed by atoms with Crippen molar-refractivity contribution in [3.05, 3.63) is 23.3 Å². The van der Waals surface area contributed by atoms with Crippen LogP contribution in [0.4, 0.5) is 5.13 Å². The van der Waals surface area contributed by atoms with E-state index in [0.29, 0.717) is 6.42 Å². The van der Waals surface area contributed by atoms with Gasteiger partial charge in [0.25, 0.3) is 0 Å². The Morgan fingerprint density at radius 2 is 1.95 bits per heavy atom. The summed E-state index contributed by atoms with van der Waals surface area (Å²) in [5.41, 5.74) is 3.65. The maximum absolute atomic E-state index is 11.7. The van der Waals surface area contributed by atoms with E-state index < -0.39 is 0 Å². The predicted molar refractivity (Wildman–Crippen MR) is 88.2 cm³/mol. The first-order chi connectivity index (χ1) is 10.1. The van der Waals surface area contributed by atoms with Crippen LogP contribution in [-0.2, 0) is 4.79 Å². The van der Waals surface area contributed by atoms with Gasteiger partial charge in [-0.15, -0.1) is 0 Å². The molecule has 0 saturated carbocycles. The Kier molecular flexibility index (Phi) is 3.85. The van der Waals surface area contributed by atoms with Crippen LogP contribution in [0.3, 0.4) is 0 Å². The summed E-state index contributed by atoms with van der Waals surface area (Å²) in [6.45, 7) is 9.54. The second-order valence-electron chi connectivity index (χ2n) is 5.65. The molecule has 3 rings (SSSR count). The molecule has 1 aromatic heterocycles. The van der Waals surface area contributed by atoms with E-state index >= 15 is 0 Å². The van der Waals surface area contributed by atoms with E-state index in [1.54, 1.807) is 11.3 Å². The number of carbonyl (C=O) groups excluding carboxylic acids is 1. The number of aromatic nitrogens is 1. The number of anilines is 1. The van der Waals surface area contributed by atoms with Crippen LogP contribution in [-0.4, -0.2) is 42.0 Å². The highest BCUT2D eigenvalue weighted by Gasteiger charge is 2.22. The van der Waals surface area contributed by atoms with Gasteiger partial charge in [0.1, 0.15) is 0 Å².